The van der Waals surface area contributed by atoms with Crippen molar-refractivity contribution in [3.8, 4) is 5.75 Å². The molecule has 88 valence electrons. The second-order valence-corrected chi connectivity index (χ2v) is 3.43. The van der Waals surface area contributed by atoms with E-state index in [-0.39, 0.29) is 0 Å². The van der Waals surface area contributed by atoms with E-state index >= 15 is 0 Å². The number of carbonyl (C=O) groups is 1. The maximum atomic E-state index is 11.9. The van der Waals surface area contributed by atoms with Gasteiger partial charge >= 0.3 is 5.97 Å². The van der Waals surface area contributed by atoms with Crippen LogP contribution in [0.1, 0.15) is 0 Å². The molecule has 2 rings (SSSR count). The van der Waals surface area contributed by atoms with Crippen LogP contribution in [0.3, 0.4) is 0 Å². The predicted molar refractivity (Wildman–Crippen MR) is 60.2 cm³/mol. The number of fused-ring (bicyclic) bond motifs is 1. The molecule has 0 bridgehead atoms. The summed E-state index contributed by atoms with van der Waals surface area (Å²) in [6.45, 7) is -0.404. The minimum atomic E-state index is -1.09. The first kappa shape index (κ1) is 11.1. The van der Waals surface area contributed by atoms with E-state index < -0.39 is 18.1 Å². The fraction of sp³-hybridized carbons (Fsp3) is 0.182. The van der Waals surface area contributed by atoms with Crippen molar-refractivity contribution in [1.82, 2.24) is 9.55 Å². The lowest BCUT2D eigenvalue weighted by atomic mass is 10.2. The Morgan fingerprint density at radius 2 is 2.29 bits per heavy atom. The van der Waals surface area contributed by atoms with Crippen LogP contribution in [0.4, 0.5) is 0 Å². The molecule has 2 aromatic rings. The van der Waals surface area contributed by atoms with Crippen LogP contribution in [0.5, 0.6) is 5.75 Å². The second-order valence-electron chi connectivity index (χ2n) is 3.43. The van der Waals surface area contributed by atoms with Gasteiger partial charge in [-0.25, -0.2) is 4.98 Å². The molecule has 1 aromatic carbocycles. The Morgan fingerprint density at radius 1 is 1.53 bits per heavy atom. The zero-order valence-electron chi connectivity index (χ0n) is 9.08. The van der Waals surface area contributed by atoms with E-state index in [0.717, 1.165) is 4.57 Å². The molecule has 0 fully saturated rings. The van der Waals surface area contributed by atoms with E-state index in [0.29, 0.717) is 16.7 Å². The molecule has 6 nitrogen and oxygen atoms in total. The number of para-hydroxylation sites is 1. The minimum absolute atomic E-state index is 0.341. The zero-order chi connectivity index (χ0) is 12.4. The summed E-state index contributed by atoms with van der Waals surface area (Å²) in [5.41, 5.74) is 0.0398. The molecule has 0 spiro atoms. The summed E-state index contributed by atoms with van der Waals surface area (Å²) < 4.78 is 6.12. The van der Waals surface area contributed by atoms with Gasteiger partial charge in [-0.15, -0.1) is 0 Å². The second kappa shape index (κ2) is 4.25. The number of ether oxygens (including phenoxy) is 1. The normalized spacial score (nSPS) is 10.4. The van der Waals surface area contributed by atoms with Crippen molar-refractivity contribution in [2.24, 2.45) is 0 Å². The third-order valence-electron chi connectivity index (χ3n) is 2.34. The molecule has 0 radical (unpaired) electrons. The van der Waals surface area contributed by atoms with Crippen molar-refractivity contribution < 1.29 is 14.6 Å². The molecule has 0 aliphatic carbocycles. The van der Waals surface area contributed by atoms with E-state index in [1.54, 1.807) is 18.2 Å². The Balaban J connectivity index is 2.68. The lowest BCUT2D eigenvalue weighted by molar-refractivity contribution is -0.137. The predicted octanol–water partition coefficient (Wildman–Crippen LogP) is 0.490. The third-order valence-corrected chi connectivity index (χ3v) is 2.34. The first-order valence-electron chi connectivity index (χ1n) is 4.87. The van der Waals surface area contributed by atoms with E-state index in [1.165, 1.54) is 13.4 Å². The van der Waals surface area contributed by atoms with Crippen molar-refractivity contribution >= 4 is 16.9 Å². The summed E-state index contributed by atoms with van der Waals surface area (Å²) in [7, 11) is 1.49. The molecule has 1 aromatic heterocycles. The molecule has 1 heterocycles. The van der Waals surface area contributed by atoms with Crippen molar-refractivity contribution in [2.75, 3.05) is 7.11 Å². The average molecular weight is 234 g/mol. The number of rotatable bonds is 3. The smallest absolute Gasteiger partial charge is 0.323 e. The van der Waals surface area contributed by atoms with Crippen LogP contribution < -0.4 is 10.3 Å². The van der Waals surface area contributed by atoms with E-state index in [4.69, 9.17) is 9.84 Å². The minimum Gasteiger partial charge on any atom is -0.494 e. The maximum absolute atomic E-state index is 11.9. The molecule has 6 heteroatoms. The first-order valence-corrected chi connectivity index (χ1v) is 4.87. The Labute approximate surface area is 96.1 Å². The summed E-state index contributed by atoms with van der Waals surface area (Å²) in [6, 6.07) is 4.94. The molecule has 0 unspecified atom stereocenters. The zero-order valence-corrected chi connectivity index (χ0v) is 9.08. The molecule has 1 N–H and O–H groups in total. The Bertz CT molecular complexity index is 633. The van der Waals surface area contributed by atoms with Gasteiger partial charge in [0.05, 0.1) is 18.8 Å². The van der Waals surface area contributed by atoms with Gasteiger partial charge in [0.1, 0.15) is 17.8 Å². The summed E-state index contributed by atoms with van der Waals surface area (Å²) in [4.78, 5) is 26.5. The van der Waals surface area contributed by atoms with Gasteiger partial charge in [-0.3, -0.25) is 14.2 Å². The van der Waals surface area contributed by atoms with Crippen molar-refractivity contribution in [1.29, 1.82) is 0 Å². The van der Waals surface area contributed by atoms with Gasteiger partial charge in [-0.2, -0.15) is 0 Å². The van der Waals surface area contributed by atoms with Crippen LogP contribution in [0.15, 0.2) is 29.3 Å². The topological polar surface area (TPSA) is 81.4 Å². The van der Waals surface area contributed by atoms with Crippen LogP contribution >= 0.6 is 0 Å². The fourth-order valence-corrected chi connectivity index (χ4v) is 1.59. The van der Waals surface area contributed by atoms with Gasteiger partial charge in [0, 0.05) is 0 Å². The standard InChI is InChI=1S/C11H10N2O4/c1-17-8-4-2-3-7-10(8)12-6-13(11(7)16)5-9(14)15/h2-4,6H,5H2,1H3,(H,14,15). The number of aromatic nitrogens is 2. The lowest BCUT2D eigenvalue weighted by Crippen LogP contribution is -2.24. The van der Waals surface area contributed by atoms with Crippen LogP contribution in [0.2, 0.25) is 0 Å². The van der Waals surface area contributed by atoms with Gasteiger partial charge in [-0.1, -0.05) is 6.07 Å². The number of benzene rings is 1. The van der Waals surface area contributed by atoms with E-state index in [1.807, 2.05) is 0 Å². The van der Waals surface area contributed by atoms with E-state index in [9.17, 15) is 9.59 Å². The molecule has 0 saturated heterocycles. The molecule has 0 atom stereocenters. The molecule has 17 heavy (non-hydrogen) atoms. The molecule has 0 aliphatic rings. The molecule has 0 amide bonds. The summed E-state index contributed by atoms with van der Waals surface area (Å²) in [6.07, 6.45) is 1.21. The monoisotopic (exact) mass is 234 g/mol. The number of nitrogens with zero attached hydrogens (tertiary/aromatic N) is 2. The van der Waals surface area contributed by atoms with Gasteiger partial charge < -0.3 is 9.84 Å². The number of carboxylic acids is 1. The average Bonchev–Trinajstić information content (AvgIpc) is 2.31. The number of hydrogen-bond acceptors (Lipinski definition) is 4. The maximum Gasteiger partial charge on any atom is 0.323 e. The highest BCUT2D eigenvalue weighted by molar-refractivity contribution is 5.83. The number of methoxy groups -OCH3 is 1. The fourth-order valence-electron chi connectivity index (χ4n) is 1.59. The van der Waals surface area contributed by atoms with Crippen molar-refractivity contribution in [3.05, 3.63) is 34.9 Å². The Morgan fingerprint density at radius 3 is 2.94 bits per heavy atom. The van der Waals surface area contributed by atoms with Crippen molar-refractivity contribution in [3.63, 3.8) is 0 Å². The number of hydrogen-bond donors (Lipinski definition) is 1. The van der Waals surface area contributed by atoms with Gasteiger partial charge in [0.25, 0.3) is 5.56 Å². The third kappa shape index (κ3) is 1.96. The van der Waals surface area contributed by atoms with Crippen LogP contribution in [-0.2, 0) is 11.3 Å². The van der Waals surface area contributed by atoms with Crippen LogP contribution in [0.25, 0.3) is 10.9 Å². The molecule has 0 aliphatic heterocycles. The SMILES string of the molecule is COc1cccc2c(=O)n(CC(=O)O)cnc12. The highest BCUT2D eigenvalue weighted by atomic mass is 16.5. The summed E-state index contributed by atoms with van der Waals surface area (Å²) >= 11 is 0. The Kier molecular flexibility index (Phi) is 2.78. The van der Waals surface area contributed by atoms with Gasteiger partial charge in [-0.05, 0) is 12.1 Å². The van der Waals surface area contributed by atoms with Crippen LogP contribution in [-0.4, -0.2) is 27.7 Å². The quantitative estimate of drug-likeness (QED) is 0.835. The van der Waals surface area contributed by atoms with Crippen molar-refractivity contribution in [2.45, 2.75) is 6.54 Å². The highest BCUT2D eigenvalue weighted by Crippen LogP contribution is 2.19. The Hall–Kier alpha value is -2.37. The summed E-state index contributed by atoms with van der Waals surface area (Å²) in [5, 5.41) is 8.99. The van der Waals surface area contributed by atoms with Gasteiger partial charge in [0.15, 0.2) is 0 Å². The molecular formula is C11H10N2O4. The first-order chi connectivity index (χ1) is 8.13. The lowest BCUT2D eigenvalue weighted by Gasteiger charge is -2.06. The largest absolute Gasteiger partial charge is 0.494 e. The highest BCUT2D eigenvalue weighted by Gasteiger charge is 2.09. The van der Waals surface area contributed by atoms with E-state index in [2.05, 4.69) is 4.98 Å². The molecular weight excluding hydrogens is 224 g/mol. The van der Waals surface area contributed by atoms with Gasteiger partial charge in [0.2, 0.25) is 0 Å². The summed E-state index contributed by atoms with van der Waals surface area (Å²) in [5.74, 6) is -0.599. The molecule has 0 saturated carbocycles. The number of carboxylic acid groups (broad SMARTS) is 1. The van der Waals surface area contributed by atoms with Crippen LogP contribution in [0, 0.1) is 0 Å². The number of aliphatic carboxylic acids is 1.